The van der Waals surface area contributed by atoms with Crippen molar-refractivity contribution in [3.8, 4) is 0 Å². The van der Waals surface area contributed by atoms with E-state index in [1.54, 1.807) is 27.7 Å². The highest BCUT2D eigenvalue weighted by molar-refractivity contribution is 5.89. The molecule has 1 aromatic heterocycles. The van der Waals surface area contributed by atoms with Gasteiger partial charge in [-0.25, -0.2) is 4.79 Å². The molecule has 8 unspecified atom stereocenters. The van der Waals surface area contributed by atoms with E-state index in [-0.39, 0.29) is 31.2 Å². The third kappa shape index (κ3) is 5.96. The second-order valence-corrected chi connectivity index (χ2v) is 13.0. The summed E-state index contributed by atoms with van der Waals surface area (Å²) in [6.07, 6.45) is -2.16. The van der Waals surface area contributed by atoms with Crippen molar-refractivity contribution in [1.29, 1.82) is 0 Å². The van der Waals surface area contributed by atoms with Crippen molar-refractivity contribution in [2.24, 2.45) is 11.3 Å². The molecule has 3 aliphatic rings. The lowest BCUT2D eigenvalue weighted by Gasteiger charge is -2.65. The first-order valence-electron chi connectivity index (χ1n) is 15.4. The van der Waals surface area contributed by atoms with E-state index in [4.69, 9.17) is 32.8 Å². The van der Waals surface area contributed by atoms with Gasteiger partial charge in [0.25, 0.3) is 0 Å². The van der Waals surface area contributed by atoms with Gasteiger partial charge in [0, 0.05) is 39.0 Å². The van der Waals surface area contributed by atoms with Crippen molar-refractivity contribution in [2.45, 2.75) is 128 Å². The van der Waals surface area contributed by atoms with Crippen LogP contribution < -0.4 is 0 Å². The van der Waals surface area contributed by atoms with E-state index in [1.165, 1.54) is 39.4 Å². The zero-order valence-corrected chi connectivity index (χ0v) is 26.9. The van der Waals surface area contributed by atoms with Gasteiger partial charge in [-0.05, 0) is 46.1 Å². The summed E-state index contributed by atoms with van der Waals surface area (Å²) >= 11 is 0. The minimum absolute atomic E-state index is 0.0129. The van der Waals surface area contributed by atoms with Crippen molar-refractivity contribution in [3.63, 3.8) is 0 Å². The summed E-state index contributed by atoms with van der Waals surface area (Å²) in [6, 6.07) is 1.40. The Bertz CT molecular complexity index is 1280. The maximum absolute atomic E-state index is 13.5. The highest BCUT2D eigenvalue weighted by Gasteiger charge is 2.86. The Balaban J connectivity index is 2.05. The van der Waals surface area contributed by atoms with E-state index in [1.807, 2.05) is 0 Å². The van der Waals surface area contributed by atoms with Gasteiger partial charge in [-0.15, -0.1) is 0 Å². The van der Waals surface area contributed by atoms with Crippen molar-refractivity contribution >= 4 is 29.8 Å². The van der Waals surface area contributed by atoms with Crippen molar-refractivity contribution in [1.82, 2.24) is 0 Å². The summed E-state index contributed by atoms with van der Waals surface area (Å²) in [6.45, 7) is 10.3. The Morgan fingerprint density at radius 2 is 1.56 bits per heavy atom. The van der Waals surface area contributed by atoms with Crippen LogP contribution in [0.2, 0.25) is 0 Å². The third-order valence-electron chi connectivity index (χ3n) is 9.32. The molecule has 13 heteroatoms. The molecule has 13 nitrogen and oxygen atoms in total. The number of carbonyl (C=O) groups excluding carboxylic acids is 5. The van der Waals surface area contributed by atoms with E-state index >= 15 is 0 Å². The molecule has 0 aromatic carbocycles. The quantitative estimate of drug-likeness (QED) is 0.277. The Morgan fingerprint density at radius 3 is 2.11 bits per heavy atom. The molecule has 0 radical (unpaired) electrons. The normalized spacial score (nSPS) is 34.6. The number of fused-ring (bicyclic) bond motifs is 1. The molecule has 0 amide bonds. The number of hydrogen-bond acceptors (Lipinski definition) is 13. The molecule has 1 N–H and O–H groups in total. The summed E-state index contributed by atoms with van der Waals surface area (Å²) in [5.74, 6) is -4.14. The van der Waals surface area contributed by atoms with Crippen LogP contribution in [0.5, 0.6) is 0 Å². The molecule has 8 atom stereocenters. The minimum Gasteiger partial charge on any atom is -0.472 e. The van der Waals surface area contributed by atoms with Crippen LogP contribution in [0.4, 0.5) is 0 Å². The van der Waals surface area contributed by atoms with Gasteiger partial charge in [-0.3, -0.25) is 19.2 Å². The van der Waals surface area contributed by atoms with E-state index in [0.29, 0.717) is 12.8 Å². The van der Waals surface area contributed by atoms with Crippen LogP contribution in [0, 0.1) is 11.3 Å². The molecule has 45 heavy (non-hydrogen) atoms. The second-order valence-electron chi connectivity index (χ2n) is 13.0. The maximum Gasteiger partial charge on any atom is 0.341 e. The largest absolute Gasteiger partial charge is 0.472 e. The minimum atomic E-state index is -2.00. The molecule has 3 fully saturated rings. The molecular formula is C32H44O13. The van der Waals surface area contributed by atoms with Crippen molar-refractivity contribution in [2.75, 3.05) is 6.61 Å². The number of rotatable bonds is 11. The summed E-state index contributed by atoms with van der Waals surface area (Å²) in [7, 11) is 0. The SMILES string of the molecule is CCCC(=O)OC1CC(C)(O)C23OC(C)(C)C(CC(OC(=O)c4ccoc4)C2(COC(C)=O)C1OC(=O)CCC)C3OC(C)=O. The highest BCUT2D eigenvalue weighted by Crippen LogP contribution is 2.69. The second kappa shape index (κ2) is 12.7. The molecule has 1 spiro atoms. The average Bonchev–Trinajstić information content (AvgIpc) is 3.51. The summed E-state index contributed by atoms with van der Waals surface area (Å²) in [5.41, 5.74) is -6.98. The lowest BCUT2D eigenvalue weighted by Crippen LogP contribution is -2.83. The van der Waals surface area contributed by atoms with Gasteiger partial charge < -0.3 is 37.9 Å². The molecule has 4 rings (SSSR count). The zero-order chi connectivity index (χ0) is 33.4. The standard InChI is InChI=1S/C32H44O13/c1-8-10-24(35)42-22-15-30(7,38)32-26(41-19(4)34)21(29(5,6)45-32)14-23(43-28(37)20-12-13-39-16-20)31(32,17-40-18(3)33)27(22)44-25(36)11-9-2/h12-13,16,21-23,26-27,38H,8-11,14-15,17H2,1-7H3. The van der Waals surface area contributed by atoms with Gasteiger partial charge in [0.15, 0.2) is 11.7 Å². The Kier molecular flexibility index (Phi) is 9.75. The number of hydrogen-bond donors (Lipinski definition) is 1. The molecule has 2 aliphatic carbocycles. The summed E-state index contributed by atoms with van der Waals surface area (Å²) < 4.78 is 41.8. The number of furan rings is 1. The van der Waals surface area contributed by atoms with E-state index in [0.717, 1.165) is 0 Å². The Hall–Kier alpha value is -3.45. The average molecular weight is 637 g/mol. The molecule has 2 saturated carbocycles. The number of ether oxygens (including phenoxy) is 6. The van der Waals surface area contributed by atoms with Crippen LogP contribution >= 0.6 is 0 Å². The van der Waals surface area contributed by atoms with E-state index in [9.17, 15) is 29.1 Å². The molecule has 2 heterocycles. The highest BCUT2D eigenvalue weighted by atomic mass is 16.6. The molecule has 1 aromatic rings. The van der Waals surface area contributed by atoms with Gasteiger partial charge >= 0.3 is 29.8 Å². The smallest absolute Gasteiger partial charge is 0.341 e. The van der Waals surface area contributed by atoms with Gasteiger partial charge in [0.05, 0.1) is 23.0 Å². The van der Waals surface area contributed by atoms with Crippen LogP contribution in [0.25, 0.3) is 0 Å². The Labute approximate surface area is 262 Å². The monoisotopic (exact) mass is 636 g/mol. The van der Waals surface area contributed by atoms with Crippen molar-refractivity contribution < 1.29 is 61.9 Å². The zero-order valence-electron chi connectivity index (χ0n) is 26.9. The fourth-order valence-corrected chi connectivity index (χ4v) is 7.64. The molecule has 2 bridgehead atoms. The molecule has 250 valence electrons. The van der Waals surface area contributed by atoms with Gasteiger partial charge in [-0.1, -0.05) is 13.8 Å². The van der Waals surface area contributed by atoms with Crippen LogP contribution in [0.3, 0.4) is 0 Å². The van der Waals surface area contributed by atoms with Gasteiger partial charge in [0.1, 0.15) is 36.6 Å². The van der Waals surface area contributed by atoms with E-state index in [2.05, 4.69) is 0 Å². The third-order valence-corrected chi connectivity index (χ3v) is 9.32. The number of carbonyl (C=O) groups is 5. The van der Waals surface area contributed by atoms with Crippen LogP contribution in [0.15, 0.2) is 23.0 Å². The predicted molar refractivity (Wildman–Crippen MR) is 153 cm³/mol. The first kappa shape index (κ1) is 34.4. The number of aliphatic hydroxyl groups is 1. The first-order valence-corrected chi connectivity index (χ1v) is 15.4. The first-order chi connectivity index (χ1) is 21.1. The molecule has 1 saturated heterocycles. The van der Waals surface area contributed by atoms with E-state index < -0.39 is 89.0 Å². The fourth-order valence-electron chi connectivity index (χ4n) is 7.64. The fraction of sp³-hybridized carbons (Fsp3) is 0.719. The van der Waals surface area contributed by atoms with Crippen LogP contribution in [0.1, 0.15) is 97.3 Å². The van der Waals surface area contributed by atoms with Crippen LogP contribution in [-0.2, 0) is 47.6 Å². The lowest BCUT2D eigenvalue weighted by atomic mass is 9.46. The van der Waals surface area contributed by atoms with Crippen LogP contribution in [-0.4, -0.2) is 82.8 Å². The maximum atomic E-state index is 13.5. The Morgan fingerprint density at radius 1 is 0.911 bits per heavy atom. The van der Waals surface area contributed by atoms with Crippen molar-refractivity contribution in [3.05, 3.63) is 24.2 Å². The lowest BCUT2D eigenvalue weighted by molar-refractivity contribution is -0.356. The summed E-state index contributed by atoms with van der Waals surface area (Å²) in [5, 5.41) is 12.6. The van der Waals surface area contributed by atoms with Gasteiger partial charge in [-0.2, -0.15) is 0 Å². The molecule has 1 aliphatic heterocycles. The topological polar surface area (TPSA) is 174 Å². The molecular weight excluding hydrogens is 592 g/mol. The number of esters is 5. The predicted octanol–water partition coefficient (Wildman–Crippen LogP) is 3.43. The van der Waals surface area contributed by atoms with Gasteiger partial charge in [0.2, 0.25) is 0 Å². The summed E-state index contributed by atoms with van der Waals surface area (Å²) in [4.78, 5) is 64.9.